The number of benzene rings is 4. The zero-order valence-electron chi connectivity index (χ0n) is 24.3. The van der Waals surface area contributed by atoms with Crippen LogP contribution in [0.2, 0.25) is 0 Å². The smallest absolute Gasteiger partial charge is 0.251 e. The van der Waals surface area contributed by atoms with Gasteiger partial charge in [0.25, 0.3) is 5.91 Å². The first-order valence-corrected chi connectivity index (χ1v) is 16.3. The van der Waals surface area contributed by atoms with Crippen molar-refractivity contribution in [3.8, 4) is 11.1 Å². The van der Waals surface area contributed by atoms with E-state index in [4.69, 9.17) is 9.47 Å². The highest BCUT2D eigenvalue weighted by atomic mass is 32.2. The number of carbonyl (C=O) groups excluding carboxylic acids is 1. The third-order valence-electron chi connectivity index (χ3n) is 7.45. The van der Waals surface area contributed by atoms with Crippen molar-refractivity contribution in [1.82, 2.24) is 15.5 Å². The molecule has 4 aromatic carbocycles. The molecule has 1 saturated heterocycles. The van der Waals surface area contributed by atoms with Crippen LogP contribution in [0.25, 0.3) is 11.1 Å². The van der Waals surface area contributed by atoms with Crippen LogP contribution < -0.4 is 5.32 Å². The van der Waals surface area contributed by atoms with Crippen LogP contribution in [0.5, 0.6) is 0 Å². The summed E-state index contributed by atoms with van der Waals surface area (Å²) >= 11 is 3.25. The second-order valence-corrected chi connectivity index (χ2v) is 13.1. The molecule has 0 saturated carbocycles. The largest absolute Gasteiger partial charge is 0.392 e. The first kappa shape index (κ1) is 30.2. The molecule has 6 rings (SSSR count). The minimum atomic E-state index is -0.526. The van der Waals surface area contributed by atoms with Crippen LogP contribution in [0, 0.1) is 6.92 Å². The zero-order chi connectivity index (χ0) is 30.3. The molecule has 2 N–H and O–H groups in total. The molecule has 0 spiro atoms. The van der Waals surface area contributed by atoms with E-state index < -0.39 is 6.29 Å². The maximum atomic E-state index is 12.5. The molecule has 0 radical (unpaired) electrons. The minimum Gasteiger partial charge on any atom is -0.392 e. The molecular formula is C35H33N3O4S2. The Labute approximate surface area is 265 Å². The molecule has 0 unspecified atom stereocenters. The summed E-state index contributed by atoms with van der Waals surface area (Å²) in [5, 5.41) is 21.8. The number of hydrogen-bond acceptors (Lipinski definition) is 8. The minimum absolute atomic E-state index is 0.00957. The predicted octanol–water partition coefficient (Wildman–Crippen LogP) is 7.27. The van der Waals surface area contributed by atoms with Crippen LogP contribution in [-0.2, 0) is 22.6 Å². The van der Waals surface area contributed by atoms with Gasteiger partial charge in [0.1, 0.15) is 5.01 Å². The molecular weight excluding hydrogens is 591 g/mol. The average molecular weight is 624 g/mol. The van der Waals surface area contributed by atoms with Gasteiger partial charge in [0.2, 0.25) is 0 Å². The Morgan fingerprint density at radius 1 is 0.886 bits per heavy atom. The van der Waals surface area contributed by atoms with Crippen molar-refractivity contribution in [2.75, 3.05) is 5.75 Å². The molecule has 44 heavy (non-hydrogen) atoms. The van der Waals surface area contributed by atoms with Crippen molar-refractivity contribution < 1.29 is 19.4 Å². The standard InChI is InChI=1S/C35H33N3O4S2/c1-23-37-38-35(44-23)43-22-31-19-32(27-12-10-24(21-39)11-13-27)42-34(41-31)29-16-14-26(15-17-29)30-9-5-6-25(18-30)20-36-33(40)28-7-3-2-4-8-28/h2-18,31-32,34,39H,19-22H2,1H3,(H,36,40)/t31-,32+,34+/m0/s1. The number of aliphatic hydroxyl groups is 1. The lowest BCUT2D eigenvalue weighted by molar-refractivity contribution is -0.245. The fraction of sp³-hybridized carbons (Fsp3) is 0.229. The Kier molecular flexibility index (Phi) is 9.80. The first-order chi connectivity index (χ1) is 21.5. The summed E-state index contributed by atoms with van der Waals surface area (Å²) in [6.07, 6.45) is -0.00827. The van der Waals surface area contributed by atoms with E-state index in [9.17, 15) is 9.90 Å². The summed E-state index contributed by atoms with van der Waals surface area (Å²) in [5.41, 5.74) is 6.67. The maximum absolute atomic E-state index is 12.5. The van der Waals surface area contributed by atoms with Crippen molar-refractivity contribution in [2.24, 2.45) is 0 Å². The van der Waals surface area contributed by atoms with Gasteiger partial charge in [-0.3, -0.25) is 4.79 Å². The number of rotatable bonds is 10. The van der Waals surface area contributed by atoms with Crippen molar-refractivity contribution in [3.63, 3.8) is 0 Å². The molecule has 1 fully saturated rings. The van der Waals surface area contributed by atoms with Gasteiger partial charge in [-0.2, -0.15) is 0 Å². The molecule has 0 aliphatic carbocycles. The fourth-order valence-electron chi connectivity index (χ4n) is 5.09. The van der Waals surface area contributed by atoms with Crippen molar-refractivity contribution >= 4 is 29.0 Å². The number of thioether (sulfide) groups is 1. The summed E-state index contributed by atoms with van der Waals surface area (Å²) in [6.45, 7) is 2.41. The van der Waals surface area contributed by atoms with E-state index in [2.05, 4.69) is 51.9 Å². The summed E-state index contributed by atoms with van der Waals surface area (Å²) in [7, 11) is 0. The van der Waals surface area contributed by atoms with Gasteiger partial charge < -0.3 is 19.9 Å². The number of aliphatic hydroxyl groups excluding tert-OH is 1. The van der Waals surface area contributed by atoms with Crippen LogP contribution in [0.1, 0.15) is 56.4 Å². The molecule has 9 heteroatoms. The lowest BCUT2D eigenvalue weighted by Gasteiger charge is -2.36. The van der Waals surface area contributed by atoms with E-state index in [1.165, 1.54) is 0 Å². The van der Waals surface area contributed by atoms with E-state index in [0.717, 1.165) is 48.5 Å². The Morgan fingerprint density at radius 2 is 1.66 bits per heavy atom. The monoisotopic (exact) mass is 623 g/mol. The van der Waals surface area contributed by atoms with Gasteiger partial charge >= 0.3 is 0 Å². The van der Waals surface area contributed by atoms with E-state index in [-0.39, 0.29) is 24.7 Å². The Bertz CT molecular complexity index is 1680. The van der Waals surface area contributed by atoms with Gasteiger partial charge in [0.05, 0.1) is 18.8 Å². The summed E-state index contributed by atoms with van der Waals surface area (Å²) in [4.78, 5) is 12.5. The van der Waals surface area contributed by atoms with E-state index in [1.54, 1.807) is 23.1 Å². The molecule has 1 amide bonds. The van der Waals surface area contributed by atoms with Gasteiger partial charge in [0, 0.05) is 29.8 Å². The van der Waals surface area contributed by atoms with Crippen LogP contribution >= 0.6 is 23.1 Å². The summed E-state index contributed by atoms with van der Waals surface area (Å²) in [5.74, 6) is 0.649. The number of carbonyl (C=O) groups is 1. The first-order valence-electron chi connectivity index (χ1n) is 14.5. The molecule has 1 aliphatic heterocycles. The SMILES string of the molecule is Cc1nnc(SC[C@@H]2C[C@H](c3ccc(CO)cc3)O[C@H](c3ccc(-c4cccc(CNC(=O)c5ccccc5)c4)cc3)O2)s1. The number of nitrogens with zero attached hydrogens (tertiary/aromatic N) is 2. The third kappa shape index (κ3) is 7.61. The number of ether oxygens (including phenoxy) is 2. The normalized spacial score (nSPS) is 18.2. The van der Waals surface area contributed by atoms with Crippen LogP contribution in [0.4, 0.5) is 0 Å². The van der Waals surface area contributed by atoms with Gasteiger partial charge in [-0.15, -0.1) is 10.2 Å². The lowest BCUT2D eigenvalue weighted by Crippen LogP contribution is -2.31. The highest BCUT2D eigenvalue weighted by molar-refractivity contribution is 8.01. The molecule has 3 atom stereocenters. The molecule has 7 nitrogen and oxygen atoms in total. The van der Waals surface area contributed by atoms with Crippen LogP contribution in [0.15, 0.2) is 107 Å². The highest BCUT2D eigenvalue weighted by Gasteiger charge is 2.32. The average Bonchev–Trinajstić information content (AvgIpc) is 3.51. The zero-order valence-corrected chi connectivity index (χ0v) is 25.9. The van der Waals surface area contributed by atoms with Crippen LogP contribution in [0.3, 0.4) is 0 Å². The van der Waals surface area contributed by atoms with E-state index >= 15 is 0 Å². The Hall–Kier alpha value is -3.86. The topological polar surface area (TPSA) is 93.6 Å². The number of amides is 1. The Morgan fingerprint density at radius 3 is 2.39 bits per heavy atom. The molecule has 0 bridgehead atoms. The predicted molar refractivity (Wildman–Crippen MR) is 173 cm³/mol. The number of hydrogen-bond donors (Lipinski definition) is 2. The van der Waals surface area contributed by atoms with E-state index in [1.807, 2.05) is 73.7 Å². The van der Waals surface area contributed by atoms with Crippen molar-refractivity contribution in [3.05, 3.63) is 136 Å². The third-order valence-corrected chi connectivity index (χ3v) is 9.55. The van der Waals surface area contributed by atoms with Gasteiger partial charge in [-0.05, 0) is 52.9 Å². The second kappa shape index (κ2) is 14.3. The number of aryl methyl sites for hydroxylation is 1. The number of nitrogens with one attached hydrogen (secondary N) is 1. The molecule has 224 valence electrons. The highest BCUT2D eigenvalue weighted by Crippen LogP contribution is 2.40. The van der Waals surface area contributed by atoms with Crippen molar-refractivity contribution in [2.45, 2.75) is 49.3 Å². The number of aromatic nitrogens is 2. The molecule has 5 aromatic rings. The van der Waals surface area contributed by atoms with Crippen molar-refractivity contribution in [1.29, 1.82) is 0 Å². The van der Waals surface area contributed by atoms with E-state index in [0.29, 0.717) is 18.5 Å². The van der Waals surface area contributed by atoms with Gasteiger partial charge in [0.15, 0.2) is 10.6 Å². The summed E-state index contributed by atoms with van der Waals surface area (Å²) in [6, 6.07) is 33.6. The van der Waals surface area contributed by atoms with Gasteiger partial charge in [-0.1, -0.05) is 108 Å². The lowest BCUT2D eigenvalue weighted by atomic mass is 9.99. The quantitative estimate of drug-likeness (QED) is 0.158. The Balaban J connectivity index is 1.15. The molecule has 2 heterocycles. The maximum Gasteiger partial charge on any atom is 0.251 e. The van der Waals surface area contributed by atoms with Crippen LogP contribution in [-0.4, -0.2) is 33.1 Å². The molecule has 1 aromatic heterocycles. The fourth-order valence-corrected chi connectivity index (χ4v) is 6.95. The molecule has 1 aliphatic rings. The van der Waals surface area contributed by atoms with Gasteiger partial charge in [-0.25, -0.2) is 0 Å². The second-order valence-electron chi connectivity index (χ2n) is 10.6. The summed E-state index contributed by atoms with van der Waals surface area (Å²) < 4.78 is 13.9.